The molecule has 0 fully saturated rings. The van der Waals surface area contributed by atoms with Crippen LogP contribution >= 0.6 is 0 Å². The van der Waals surface area contributed by atoms with Gasteiger partial charge in [0.1, 0.15) is 0 Å². The highest BCUT2D eigenvalue weighted by Crippen LogP contribution is 2.44. The van der Waals surface area contributed by atoms with Gasteiger partial charge in [-0.3, -0.25) is 0 Å². The van der Waals surface area contributed by atoms with Crippen molar-refractivity contribution < 1.29 is 9.47 Å². The SMILES string of the molecule is CC/C=C1\c2c(ccc(OC)c2OC)CN1Cc1ccccc1CC. The number of allylic oxidation sites excluding steroid dienone is 1. The van der Waals surface area contributed by atoms with Crippen molar-refractivity contribution in [2.75, 3.05) is 14.2 Å². The molecule has 0 bridgehead atoms. The van der Waals surface area contributed by atoms with Gasteiger partial charge < -0.3 is 14.4 Å². The summed E-state index contributed by atoms with van der Waals surface area (Å²) >= 11 is 0. The van der Waals surface area contributed by atoms with Crippen molar-refractivity contribution in [3.05, 3.63) is 64.7 Å². The van der Waals surface area contributed by atoms with Crippen LogP contribution in [-0.2, 0) is 19.5 Å². The van der Waals surface area contributed by atoms with E-state index in [9.17, 15) is 0 Å². The standard InChI is InChI=1S/C22H27NO2/c1-5-9-19-21-18(12-13-20(24-3)22(21)25-4)15-23(19)14-17-11-8-7-10-16(17)6-2/h7-13H,5-6,14-15H2,1-4H3/b19-9+. The van der Waals surface area contributed by atoms with Crippen molar-refractivity contribution in [2.45, 2.75) is 39.8 Å². The van der Waals surface area contributed by atoms with Crippen molar-refractivity contribution in [3.8, 4) is 11.5 Å². The second-order valence-electron chi connectivity index (χ2n) is 6.31. The smallest absolute Gasteiger partial charge is 0.170 e. The second kappa shape index (κ2) is 7.64. The fraction of sp³-hybridized carbons (Fsp3) is 0.364. The average Bonchev–Trinajstić information content (AvgIpc) is 2.99. The monoisotopic (exact) mass is 337 g/mol. The molecule has 0 atom stereocenters. The van der Waals surface area contributed by atoms with E-state index < -0.39 is 0 Å². The predicted octanol–water partition coefficient (Wildman–Crippen LogP) is 5.03. The van der Waals surface area contributed by atoms with E-state index >= 15 is 0 Å². The van der Waals surface area contributed by atoms with Crippen LogP contribution in [0.15, 0.2) is 42.5 Å². The van der Waals surface area contributed by atoms with E-state index in [0.29, 0.717) is 0 Å². The molecule has 3 rings (SSSR count). The van der Waals surface area contributed by atoms with Crippen molar-refractivity contribution in [1.29, 1.82) is 0 Å². The number of benzene rings is 2. The maximum Gasteiger partial charge on any atom is 0.170 e. The van der Waals surface area contributed by atoms with Crippen molar-refractivity contribution in [3.63, 3.8) is 0 Å². The molecule has 0 saturated carbocycles. The third-order valence-electron chi connectivity index (χ3n) is 4.85. The van der Waals surface area contributed by atoms with E-state index in [0.717, 1.165) is 37.4 Å². The lowest BCUT2D eigenvalue weighted by molar-refractivity contribution is 0.353. The van der Waals surface area contributed by atoms with Gasteiger partial charge in [0.15, 0.2) is 11.5 Å². The molecule has 2 aromatic rings. The van der Waals surface area contributed by atoms with Crippen LogP contribution < -0.4 is 9.47 Å². The lowest BCUT2D eigenvalue weighted by Gasteiger charge is -2.22. The fourth-order valence-electron chi connectivity index (χ4n) is 3.66. The Balaban J connectivity index is 2.01. The highest BCUT2D eigenvalue weighted by atomic mass is 16.5. The quantitative estimate of drug-likeness (QED) is 0.738. The Morgan fingerprint density at radius 2 is 1.76 bits per heavy atom. The third kappa shape index (κ3) is 3.23. The number of rotatable bonds is 6. The highest BCUT2D eigenvalue weighted by molar-refractivity contribution is 5.78. The lowest BCUT2D eigenvalue weighted by atomic mass is 10.0. The van der Waals surface area contributed by atoms with E-state index in [4.69, 9.17) is 9.47 Å². The Morgan fingerprint density at radius 1 is 1.00 bits per heavy atom. The molecule has 0 spiro atoms. The zero-order valence-electron chi connectivity index (χ0n) is 15.6. The van der Waals surface area contributed by atoms with Crippen molar-refractivity contribution in [2.24, 2.45) is 0 Å². The summed E-state index contributed by atoms with van der Waals surface area (Å²) in [7, 11) is 3.41. The first kappa shape index (κ1) is 17.4. The molecule has 3 nitrogen and oxygen atoms in total. The van der Waals surface area contributed by atoms with Gasteiger partial charge in [0.05, 0.1) is 14.2 Å². The van der Waals surface area contributed by atoms with Gasteiger partial charge in [0, 0.05) is 24.4 Å². The minimum Gasteiger partial charge on any atom is -0.493 e. The van der Waals surface area contributed by atoms with Crippen LogP contribution in [-0.4, -0.2) is 19.1 Å². The van der Waals surface area contributed by atoms with E-state index in [1.165, 1.54) is 28.0 Å². The summed E-state index contributed by atoms with van der Waals surface area (Å²) in [6.45, 7) is 6.21. The maximum absolute atomic E-state index is 5.71. The molecule has 25 heavy (non-hydrogen) atoms. The van der Waals surface area contributed by atoms with Gasteiger partial charge in [0.25, 0.3) is 0 Å². The van der Waals surface area contributed by atoms with Crippen molar-refractivity contribution in [1.82, 2.24) is 4.90 Å². The first-order valence-electron chi connectivity index (χ1n) is 8.99. The summed E-state index contributed by atoms with van der Waals surface area (Å²) in [6, 6.07) is 12.9. The molecule has 0 aromatic heterocycles. The first-order chi connectivity index (χ1) is 12.2. The van der Waals surface area contributed by atoms with Gasteiger partial charge in [-0.1, -0.05) is 50.3 Å². The number of nitrogens with zero attached hydrogens (tertiary/aromatic N) is 1. The summed E-state index contributed by atoms with van der Waals surface area (Å²) in [5, 5.41) is 0. The van der Waals surface area contributed by atoms with E-state index in [-0.39, 0.29) is 0 Å². The van der Waals surface area contributed by atoms with E-state index in [2.05, 4.69) is 55.2 Å². The fourth-order valence-corrected chi connectivity index (χ4v) is 3.66. The number of methoxy groups -OCH3 is 2. The molecule has 2 aromatic carbocycles. The van der Waals surface area contributed by atoms with Gasteiger partial charge in [-0.25, -0.2) is 0 Å². The molecule has 3 heteroatoms. The number of aryl methyl sites for hydroxylation is 1. The average molecular weight is 337 g/mol. The molecule has 0 radical (unpaired) electrons. The van der Waals surface area contributed by atoms with Crippen molar-refractivity contribution >= 4 is 5.70 Å². The molecule has 1 aliphatic heterocycles. The Morgan fingerprint density at radius 3 is 2.40 bits per heavy atom. The van der Waals surface area contributed by atoms with Gasteiger partial charge in [-0.2, -0.15) is 0 Å². The summed E-state index contributed by atoms with van der Waals surface area (Å²) < 4.78 is 11.2. The molecular formula is C22H27NO2. The summed E-state index contributed by atoms with van der Waals surface area (Å²) in [5.74, 6) is 1.63. The van der Waals surface area contributed by atoms with Gasteiger partial charge in [-0.05, 0) is 35.6 Å². The van der Waals surface area contributed by atoms with Crippen LogP contribution in [0, 0.1) is 0 Å². The molecule has 0 N–H and O–H groups in total. The van der Waals surface area contributed by atoms with Crippen LogP contribution in [0.25, 0.3) is 5.70 Å². The molecule has 1 aliphatic rings. The second-order valence-corrected chi connectivity index (χ2v) is 6.31. The number of hydrogen-bond donors (Lipinski definition) is 0. The number of fused-ring (bicyclic) bond motifs is 1. The molecule has 0 saturated heterocycles. The molecule has 1 heterocycles. The van der Waals surface area contributed by atoms with Crippen LogP contribution in [0.2, 0.25) is 0 Å². The molecule has 0 unspecified atom stereocenters. The van der Waals surface area contributed by atoms with E-state index in [1.807, 2.05) is 6.07 Å². The third-order valence-corrected chi connectivity index (χ3v) is 4.85. The molecule has 0 amide bonds. The molecule has 0 aliphatic carbocycles. The van der Waals surface area contributed by atoms with Crippen LogP contribution in [0.1, 0.15) is 42.5 Å². The van der Waals surface area contributed by atoms with Gasteiger partial charge >= 0.3 is 0 Å². The summed E-state index contributed by atoms with van der Waals surface area (Å²) in [4.78, 5) is 2.45. The molecule has 132 valence electrons. The van der Waals surface area contributed by atoms with Crippen LogP contribution in [0.5, 0.6) is 11.5 Å². The molecular weight excluding hydrogens is 310 g/mol. The zero-order valence-corrected chi connectivity index (χ0v) is 15.6. The Kier molecular flexibility index (Phi) is 5.32. The largest absolute Gasteiger partial charge is 0.493 e. The van der Waals surface area contributed by atoms with Crippen LogP contribution in [0.4, 0.5) is 0 Å². The highest BCUT2D eigenvalue weighted by Gasteiger charge is 2.29. The Hall–Kier alpha value is -2.42. The topological polar surface area (TPSA) is 21.7 Å². The zero-order chi connectivity index (χ0) is 17.8. The van der Waals surface area contributed by atoms with Gasteiger partial charge in [-0.15, -0.1) is 0 Å². The summed E-state index contributed by atoms with van der Waals surface area (Å²) in [5.41, 5.74) is 6.53. The predicted molar refractivity (Wildman–Crippen MR) is 103 cm³/mol. The van der Waals surface area contributed by atoms with E-state index in [1.54, 1.807) is 14.2 Å². The van der Waals surface area contributed by atoms with Gasteiger partial charge in [0.2, 0.25) is 0 Å². The normalized spacial score (nSPS) is 14.7. The maximum atomic E-state index is 5.71. The Bertz CT molecular complexity index is 780. The Labute approximate surface area is 150 Å². The lowest BCUT2D eigenvalue weighted by Crippen LogP contribution is -2.16. The number of hydrogen-bond acceptors (Lipinski definition) is 3. The minimum atomic E-state index is 0.791. The first-order valence-corrected chi connectivity index (χ1v) is 8.99. The minimum absolute atomic E-state index is 0.791. The number of ether oxygens (including phenoxy) is 2. The van der Waals surface area contributed by atoms with Crippen LogP contribution in [0.3, 0.4) is 0 Å². The summed E-state index contributed by atoms with van der Waals surface area (Å²) in [6.07, 6.45) is 4.34.